The number of nitrogens with one attached hydrogen (secondary N) is 2. The molecular weight excluding hydrogens is 501 g/mol. The van der Waals surface area contributed by atoms with Crippen molar-refractivity contribution in [1.82, 2.24) is 10.7 Å². The van der Waals surface area contributed by atoms with E-state index in [2.05, 4.69) is 17.2 Å². The quantitative estimate of drug-likeness (QED) is 0.0397. The molecule has 0 radical (unpaired) electrons. The molecule has 206 valence electrons. The van der Waals surface area contributed by atoms with Crippen LogP contribution >= 0.6 is 12.4 Å². The second-order valence-corrected chi connectivity index (χ2v) is 11.2. The summed E-state index contributed by atoms with van der Waals surface area (Å²) in [5, 5.41) is 31.3. The van der Waals surface area contributed by atoms with E-state index in [0.29, 0.717) is 12.8 Å². The molecule has 0 aromatic heterocycles. The SMILES string of the molecule is CCCCCCCCS(=O)(=O)C[C@@H](CCCN=C(N)N[N+](=O)[O-])C(=O)N[C@@H](CC(C)C)B(O)O.Cl. The number of unbranched alkanes of at least 4 members (excludes halogenated alkanes) is 5. The molecule has 0 saturated carbocycles. The predicted molar refractivity (Wildman–Crippen MR) is 140 cm³/mol. The van der Waals surface area contributed by atoms with Crippen LogP contribution < -0.4 is 16.5 Å². The van der Waals surface area contributed by atoms with Crippen LogP contribution in [0.25, 0.3) is 0 Å². The normalized spacial score (nSPS) is 13.6. The van der Waals surface area contributed by atoms with Crippen molar-refractivity contribution in [2.75, 3.05) is 18.1 Å². The van der Waals surface area contributed by atoms with Crippen LogP contribution in [0.1, 0.15) is 78.6 Å². The smallest absolute Gasteiger partial charge is 0.426 e. The summed E-state index contributed by atoms with van der Waals surface area (Å²) in [7, 11) is -5.29. The fraction of sp³-hybridized carbons (Fsp3) is 0.900. The van der Waals surface area contributed by atoms with Gasteiger partial charge in [0.15, 0.2) is 14.9 Å². The van der Waals surface area contributed by atoms with Gasteiger partial charge in [0, 0.05) is 6.54 Å². The molecule has 35 heavy (non-hydrogen) atoms. The van der Waals surface area contributed by atoms with E-state index < -0.39 is 39.8 Å². The summed E-state index contributed by atoms with van der Waals surface area (Å²) >= 11 is 0. The van der Waals surface area contributed by atoms with E-state index >= 15 is 0 Å². The van der Waals surface area contributed by atoms with E-state index in [4.69, 9.17) is 5.73 Å². The van der Waals surface area contributed by atoms with Gasteiger partial charge in [0.25, 0.3) is 5.96 Å². The van der Waals surface area contributed by atoms with E-state index in [1.165, 1.54) is 0 Å². The number of hydrogen-bond acceptors (Lipinski definition) is 8. The molecule has 1 amide bonds. The highest BCUT2D eigenvalue weighted by molar-refractivity contribution is 7.91. The monoisotopic (exact) mass is 543 g/mol. The molecule has 6 N–H and O–H groups in total. The van der Waals surface area contributed by atoms with Crippen LogP contribution in [0.5, 0.6) is 0 Å². The largest absolute Gasteiger partial charge is 0.475 e. The summed E-state index contributed by atoms with van der Waals surface area (Å²) < 4.78 is 25.4. The zero-order chi connectivity index (χ0) is 26.1. The van der Waals surface area contributed by atoms with Crippen LogP contribution in [0.15, 0.2) is 4.99 Å². The molecule has 15 heteroatoms. The van der Waals surface area contributed by atoms with Crippen molar-refractivity contribution < 1.29 is 28.3 Å². The number of halogens is 1. The van der Waals surface area contributed by atoms with Crippen LogP contribution in [-0.4, -0.2) is 66.5 Å². The zero-order valence-electron chi connectivity index (χ0n) is 21.0. The highest BCUT2D eigenvalue weighted by atomic mass is 35.5. The first-order chi connectivity index (χ1) is 15.9. The summed E-state index contributed by atoms with van der Waals surface area (Å²) in [6.45, 7) is 5.90. The number of aliphatic imine (C=N–C) groups is 1. The van der Waals surface area contributed by atoms with Gasteiger partial charge in [-0.05, 0) is 31.6 Å². The van der Waals surface area contributed by atoms with Crippen LogP contribution in [0, 0.1) is 22.0 Å². The van der Waals surface area contributed by atoms with Crippen molar-refractivity contribution in [2.45, 2.75) is 84.5 Å². The molecule has 2 atom stereocenters. The Bertz CT molecular complexity index is 741. The Morgan fingerprint density at radius 1 is 1.14 bits per heavy atom. The highest BCUT2D eigenvalue weighted by Crippen LogP contribution is 2.15. The predicted octanol–water partition coefficient (Wildman–Crippen LogP) is 1.22. The fourth-order valence-corrected chi connectivity index (χ4v) is 5.25. The highest BCUT2D eigenvalue weighted by Gasteiger charge is 2.31. The molecule has 12 nitrogen and oxygen atoms in total. The first-order valence-corrected chi connectivity index (χ1v) is 13.8. The second kappa shape index (κ2) is 19.5. The number of guanidine groups is 1. The van der Waals surface area contributed by atoms with Crippen LogP contribution in [0.2, 0.25) is 0 Å². The first kappa shape index (κ1) is 35.5. The number of nitrogens with two attached hydrogens (primary N) is 1. The third kappa shape index (κ3) is 19.3. The van der Waals surface area contributed by atoms with Gasteiger partial charge in [-0.2, -0.15) is 0 Å². The van der Waals surface area contributed by atoms with E-state index in [1.807, 2.05) is 13.8 Å². The Hall–Kier alpha value is -1.64. The first-order valence-electron chi connectivity index (χ1n) is 12.0. The van der Waals surface area contributed by atoms with Crippen LogP contribution in [0.3, 0.4) is 0 Å². The van der Waals surface area contributed by atoms with Gasteiger partial charge >= 0.3 is 7.12 Å². The van der Waals surface area contributed by atoms with E-state index in [0.717, 1.165) is 32.1 Å². The number of amides is 1. The Balaban J connectivity index is 0. The van der Waals surface area contributed by atoms with E-state index in [1.54, 1.807) is 5.43 Å². The molecule has 0 fully saturated rings. The van der Waals surface area contributed by atoms with E-state index in [-0.39, 0.29) is 55.2 Å². The maximum absolute atomic E-state index is 12.9. The van der Waals surface area contributed by atoms with Crippen LogP contribution in [-0.2, 0) is 14.6 Å². The lowest BCUT2D eigenvalue weighted by Crippen LogP contribution is -2.50. The van der Waals surface area contributed by atoms with Gasteiger partial charge in [0.2, 0.25) is 5.91 Å². The molecule has 0 saturated heterocycles. The molecule has 0 aromatic carbocycles. The van der Waals surface area contributed by atoms with Crippen molar-refractivity contribution in [3.05, 3.63) is 10.1 Å². The van der Waals surface area contributed by atoms with Gasteiger partial charge in [-0.15, -0.1) is 12.4 Å². The molecule has 0 aliphatic heterocycles. The molecule has 0 bridgehead atoms. The second-order valence-electron chi connectivity index (χ2n) is 9.02. The van der Waals surface area contributed by atoms with Crippen molar-refractivity contribution in [3.63, 3.8) is 0 Å². The average Bonchev–Trinajstić information content (AvgIpc) is 2.71. The molecule has 0 spiro atoms. The average molecular weight is 544 g/mol. The van der Waals surface area contributed by atoms with Gasteiger partial charge < -0.3 is 21.1 Å². The summed E-state index contributed by atoms with van der Waals surface area (Å²) in [5.41, 5.74) is 7.07. The molecule has 0 heterocycles. The Kier molecular flexibility index (Phi) is 19.8. The topological polar surface area (TPSA) is 197 Å². The van der Waals surface area contributed by atoms with E-state index in [9.17, 15) is 33.4 Å². The Labute approximate surface area is 215 Å². The summed E-state index contributed by atoms with van der Waals surface area (Å²) in [5.74, 6) is -3.11. The minimum Gasteiger partial charge on any atom is -0.426 e. The van der Waals surface area contributed by atoms with Crippen molar-refractivity contribution >= 4 is 41.2 Å². The molecule has 0 aliphatic carbocycles. The molecule has 0 rings (SSSR count). The number of hydrogen-bond donors (Lipinski definition) is 5. The van der Waals surface area contributed by atoms with Crippen molar-refractivity contribution in [2.24, 2.45) is 22.6 Å². The number of rotatable bonds is 19. The van der Waals surface area contributed by atoms with Gasteiger partial charge in [0.05, 0.1) is 23.4 Å². The Morgan fingerprint density at radius 3 is 2.29 bits per heavy atom. The summed E-state index contributed by atoms with van der Waals surface area (Å²) in [6, 6.07) is 0. The van der Waals surface area contributed by atoms with Gasteiger partial charge in [0.1, 0.15) is 0 Å². The van der Waals surface area contributed by atoms with Gasteiger partial charge in [-0.1, -0.05) is 58.3 Å². The minimum atomic E-state index is -3.52. The number of carbonyl (C=O) groups excluding carboxylic acids is 1. The van der Waals surface area contributed by atoms with Crippen molar-refractivity contribution in [3.8, 4) is 0 Å². The number of nitro groups is 1. The van der Waals surface area contributed by atoms with Crippen molar-refractivity contribution in [1.29, 1.82) is 0 Å². The van der Waals surface area contributed by atoms with Gasteiger partial charge in [-0.25, -0.2) is 23.5 Å². The lowest BCUT2D eigenvalue weighted by molar-refractivity contribution is -0.525. The molecule has 0 aromatic rings. The molecule has 0 aliphatic rings. The fourth-order valence-electron chi connectivity index (χ4n) is 3.51. The number of nitrogens with zero attached hydrogens (tertiary/aromatic N) is 2. The lowest BCUT2D eigenvalue weighted by atomic mass is 9.75. The number of hydrazine groups is 1. The lowest BCUT2D eigenvalue weighted by Gasteiger charge is -2.23. The third-order valence-corrected chi connectivity index (χ3v) is 7.07. The summed E-state index contributed by atoms with van der Waals surface area (Å²) in [4.78, 5) is 27.0. The van der Waals surface area contributed by atoms with Crippen LogP contribution in [0.4, 0.5) is 0 Å². The number of sulfone groups is 1. The minimum absolute atomic E-state index is 0. The maximum atomic E-state index is 12.9. The third-order valence-electron chi connectivity index (χ3n) is 5.25. The standard InChI is InChI=1S/C20H42BN5O7S.ClH/c1-4-5-6-7-8-9-13-34(32,33)15-17(11-10-12-23-20(22)25-26(30)31)19(27)24-18(21(28)29)14-16(2)3;/h16-18,28-29H,4-15H2,1-3H3,(H,24,27)(H3,22,23,25);1H/t17-,18+;/m1./s1. The summed E-state index contributed by atoms with van der Waals surface area (Å²) in [6.07, 6.45) is 6.32. The molecule has 0 unspecified atom stereocenters. The number of carbonyl (C=O) groups is 1. The maximum Gasteiger partial charge on any atom is 0.475 e. The Morgan fingerprint density at radius 2 is 1.74 bits per heavy atom. The zero-order valence-corrected chi connectivity index (χ0v) is 22.7. The van der Waals surface area contributed by atoms with Gasteiger partial charge in [-0.3, -0.25) is 4.79 Å². The molecular formula is C20H43BClN5O7S.